The van der Waals surface area contributed by atoms with Gasteiger partial charge in [-0.15, -0.1) is 0 Å². The normalized spacial score (nSPS) is 11.1. The Morgan fingerprint density at radius 1 is 1.31 bits per heavy atom. The molecule has 2 aromatic rings. The van der Waals surface area contributed by atoms with Gasteiger partial charge in [-0.3, -0.25) is 5.10 Å². The van der Waals surface area contributed by atoms with E-state index in [-0.39, 0.29) is 0 Å². The highest BCUT2D eigenvalue weighted by Gasteiger charge is 1.99. The molecule has 2 nitrogen and oxygen atoms in total. The van der Waals surface area contributed by atoms with Crippen LogP contribution in [0.15, 0.2) is 55.3 Å². The predicted octanol–water partition coefficient (Wildman–Crippen LogP) is 3.71. The van der Waals surface area contributed by atoms with Crippen LogP contribution in [-0.4, -0.2) is 10.2 Å². The highest BCUT2D eigenvalue weighted by molar-refractivity contribution is 5.84. The number of rotatable bonds is 3. The maximum Gasteiger partial charge on any atom is 0.0656 e. The van der Waals surface area contributed by atoms with Crippen molar-refractivity contribution in [3.05, 3.63) is 60.8 Å². The topological polar surface area (TPSA) is 28.7 Å². The molecule has 0 bridgehead atoms. The fraction of sp³-hybridized carbons (Fsp3) is 0.0714. The molecule has 0 aliphatic heterocycles. The Bertz CT molecular complexity index is 573. The van der Waals surface area contributed by atoms with Gasteiger partial charge in [0.25, 0.3) is 0 Å². The monoisotopic (exact) mass is 210 g/mol. The molecule has 0 saturated heterocycles. The molecule has 1 aromatic heterocycles. The van der Waals surface area contributed by atoms with Crippen LogP contribution in [0.4, 0.5) is 0 Å². The van der Waals surface area contributed by atoms with Gasteiger partial charge in [0.1, 0.15) is 0 Å². The summed E-state index contributed by atoms with van der Waals surface area (Å²) in [6.45, 7) is 9.80. The lowest BCUT2D eigenvalue weighted by molar-refractivity contribution is 1.12. The number of nitrogens with one attached hydrogen (secondary N) is 1. The minimum absolute atomic E-state index is 0.972. The van der Waals surface area contributed by atoms with Crippen LogP contribution in [0.3, 0.4) is 0 Å². The molecule has 0 unspecified atom stereocenters. The van der Waals surface area contributed by atoms with E-state index in [9.17, 15) is 0 Å². The Kier molecular flexibility index (Phi) is 2.73. The van der Waals surface area contributed by atoms with Crippen LogP contribution in [0.2, 0.25) is 0 Å². The van der Waals surface area contributed by atoms with Gasteiger partial charge in [0.2, 0.25) is 0 Å². The third kappa shape index (κ3) is 2.11. The van der Waals surface area contributed by atoms with Gasteiger partial charge >= 0.3 is 0 Å². The minimum atomic E-state index is 0.972. The molecule has 2 heteroatoms. The molecule has 2 rings (SSSR count). The third-order valence-electron chi connectivity index (χ3n) is 2.38. The second kappa shape index (κ2) is 4.19. The second-order valence-corrected chi connectivity index (χ2v) is 3.88. The Morgan fingerprint density at radius 3 is 2.88 bits per heavy atom. The van der Waals surface area contributed by atoms with Gasteiger partial charge in [-0.05, 0) is 24.1 Å². The number of benzene rings is 1. The van der Waals surface area contributed by atoms with Crippen LogP contribution in [0.5, 0.6) is 0 Å². The zero-order valence-electron chi connectivity index (χ0n) is 9.33. The Hall–Kier alpha value is -2.09. The number of aromatic nitrogens is 2. The average molecular weight is 210 g/mol. The first-order chi connectivity index (χ1) is 7.66. The van der Waals surface area contributed by atoms with Crippen molar-refractivity contribution in [3.63, 3.8) is 0 Å². The van der Waals surface area contributed by atoms with Crippen LogP contribution in [0.1, 0.15) is 12.5 Å². The number of hydrogen-bond acceptors (Lipinski definition) is 1. The standard InChI is InChI=1S/C14H14N2/c1-10(2)4-5-11(3)12-6-7-13-9-15-16-14(13)8-12/h4-9H,1,3H2,2H3,(H,15,16)/b5-4-. The van der Waals surface area contributed by atoms with Gasteiger partial charge in [0.15, 0.2) is 0 Å². The van der Waals surface area contributed by atoms with Gasteiger partial charge < -0.3 is 0 Å². The van der Waals surface area contributed by atoms with Gasteiger partial charge in [0, 0.05) is 5.39 Å². The van der Waals surface area contributed by atoms with E-state index in [1.165, 1.54) is 0 Å². The van der Waals surface area contributed by atoms with Crippen molar-refractivity contribution in [2.45, 2.75) is 6.92 Å². The molecule has 0 saturated carbocycles. The number of fused-ring (bicyclic) bond motifs is 1. The number of allylic oxidation sites excluding steroid dienone is 4. The summed E-state index contributed by atoms with van der Waals surface area (Å²) in [7, 11) is 0. The smallest absolute Gasteiger partial charge is 0.0656 e. The molecule has 0 aliphatic rings. The van der Waals surface area contributed by atoms with Crippen molar-refractivity contribution in [3.8, 4) is 0 Å². The molecular formula is C14H14N2. The number of hydrogen-bond donors (Lipinski definition) is 1. The maximum atomic E-state index is 4.03. The largest absolute Gasteiger partial charge is 0.278 e. The van der Waals surface area contributed by atoms with Crippen molar-refractivity contribution in [2.75, 3.05) is 0 Å². The van der Waals surface area contributed by atoms with Crippen molar-refractivity contribution in [2.24, 2.45) is 0 Å². The number of nitrogens with zero attached hydrogens (tertiary/aromatic N) is 1. The molecule has 0 aliphatic carbocycles. The quantitative estimate of drug-likeness (QED) is 0.769. The van der Waals surface area contributed by atoms with Crippen molar-refractivity contribution in [1.29, 1.82) is 0 Å². The van der Waals surface area contributed by atoms with E-state index in [2.05, 4.69) is 23.4 Å². The summed E-state index contributed by atoms with van der Waals surface area (Å²) in [4.78, 5) is 0. The van der Waals surface area contributed by atoms with E-state index in [0.717, 1.165) is 27.6 Å². The Morgan fingerprint density at radius 2 is 2.12 bits per heavy atom. The van der Waals surface area contributed by atoms with Crippen LogP contribution in [0, 0.1) is 0 Å². The van der Waals surface area contributed by atoms with Crippen LogP contribution in [-0.2, 0) is 0 Å². The summed E-state index contributed by atoms with van der Waals surface area (Å²) >= 11 is 0. The number of aromatic amines is 1. The molecule has 0 radical (unpaired) electrons. The first kappa shape index (κ1) is 10.4. The van der Waals surface area contributed by atoms with Gasteiger partial charge in [-0.2, -0.15) is 5.10 Å². The molecule has 0 fully saturated rings. The average Bonchev–Trinajstić information content (AvgIpc) is 2.72. The molecule has 16 heavy (non-hydrogen) atoms. The number of H-pyrrole nitrogens is 1. The van der Waals surface area contributed by atoms with E-state index in [1.807, 2.05) is 43.5 Å². The van der Waals surface area contributed by atoms with E-state index in [4.69, 9.17) is 0 Å². The van der Waals surface area contributed by atoms with Crippen molar-refractivity contribution < 1.29 is 0 Å². The molecule has 1 N–H and O–H groups in total. The predicted molar refractivity (Wildman–Crippen MR) is 69.1 cm³/mol. The highest BCUT2D eigenvalue weighted by Crippen LogP contribution is 2.19. The van der Waals surface area contributed by atoms with E-state index in [1.54, 1.807) is 0 Å². The lowest BCUT2D eigenvalue weighted by Gasteiger charge is -2.00. The molecule has 0 atom stereocenters. The van der Waals surface area contributed by atoms with E-state index >= 15 is 0 Å². The summed E-state index contributed by atoms with van der Waals surface area (Å²) in [6, 6.07) is 6.13. The zero-order chi connectivity index (χ0) is 11.5. The van der Waals surface area contributed by atoms with E-state index in [0.29, 0.717) is 0 Å². The molecule has 80 valence electrons. The highest BCUT2D eigenvalue weighted by atomic mass is 15.1. The molecule has 1 aromatic carbocycles. The first-order valence-electron chi connectivity index (χ1n) is 5.13. The Balaban J connectivity index is 2.32. The SMILES string of the molecule is C=C(C)/C=C\C(=C)c1ccc2cn[nH]c2c1. The van der Waals surface area contributed by atoms with Crippen molar-refractivity contribution >= 4 is 16.5 Å². The van der Waals surface area contributed by atoms with E-state index < -0.39 is 0 Å². The molecule has 0 amide bonds. The molecular weight excluding hydrogens is 196 g/mol. The van der Waals surface area contributed by atoms with Gasteiger partial charge in [-0.25, -0.2) is 0 Å². The van der Waals surface area contributed by atoms with Crippen molar-refractivity contribution in [1.82, 2.24) is 10.2 Å². The summed E-state index contributed by atoms with van der Waals surface area (Å²) in [5, 5.41) is 8.05. The van der Waals surface area contributed by atoms with Gasteiger partial charge in [0.05, 0.1) is 11.7 Å². The fourth-order valence-electron chi connectivity index (χ4n) is 1.48. The maximum absolute atomic E-state index is 4.03. The summed E-state index contributed by atoms with van der Waals surface area (Å²) in [5.74, 6) is 0. The summed E-state index contributed by atoms with van der Waals surface area (Å²) in [5.41, 5.74) is 4.11. The second-order valence-electron chi connectivity index (χ2n) is 3.88. The third-order valence-corrected chi connectivity index (χ3v) is 2.38. The van der Waals surface area contributed by atoms with Crippen LogP contribution >= 0.6 is 0 Å². The first-order valence-corrected chi connectivity index (χ1v) is 5.13. The lowest BCUT2D eigenvalue weighted by atomic mass is 10.1. The van der Waals surface area contributed by atoms with Crippen LogP contribution in [0.25, 0.3) is 16.5 Å². The zero-order valence-corrected chi connectivity index (χ0v) is 9.33. The van der Waals surface area contributed by atoms with Gasteiger partial charge in [-0.1, -0.05) is 43.0 Å². The summed E-state index contributed by atoms with van der Waals surface area (Å²) in [6.07, 6.45) is 5.74. The lowest BCUT2D eigenvalue weighted by Crippen LogP contribution is -1.79. The fourth-order valence-corrected chi connectivity index (χ4v) is 1.48. The van der Waals surface area contributed by atoms with Crippen LogP contribution < -0.4 is 0 Å². The summed E-state index contributed by atoms with van der Waals surface area (Å²) < 4.78 is 0. The Labute approximate surface area is 95.0 Å². The minimum Gasteiger partial charge on any atom is -0.278 e. The molecule has 1 heterocycles. The molecule has 0 spiro atoms.